The van der Waals surface area contributed by atoms with Crippen LogP contribution in [-0.4, -0.2) is 48.9 Å². The van der Waals surface area contributed by atoms with Crippen molar-refractivity contribution in [3.8, 4) is 11.5 Å². The average molecular weight is 374 g/mol. The van der Waals surface area contributed by atoms with Crippen LogP contribution >= 0.6 is 11.8 Å². The molecule has 2 aromatic rings. The fraction of sp³-hybridized carbons (Fsp3) is 0.389. The molecule has 1 aromatic carbocycles. The first-order chi connectivity index (χ1) is 12.7. The van der Waals surface area contributed by atoms with Crippen LogP contribution in [0.5, 0.6) is 11.5 Å². The van der Waals surface area contributed by atoms with Gasteiger partial charge in [-0.2, -0.15) is 0 Å². The summed E-state index contributed by atoms with van der Waals surface area (Å²) in [5.41, 5.74) is 0.611. The Bertz CT molecular complexity index is 766. The molecule has 7 nitrogen and oxygen atoms in total. The molecular formula is C18H22N4O3S. The van der Waals surface area contributed by atoms with Gasteiger partial charge in [0.25, 0.3) is 0 Å². The summed E-state index contributed by atoms with van der Waals surface area (Å²) in [5, 5.41) is 3.65. The lowest BCUT2D eigenvalue weighted by Crippen LogP contribution is -2.19. The van der Waals surface area contributed by atoms with Gasteiger partial charge in [-0.3, -0.25) is 4.79 Å². The maximum absolute atomic E-state index is 12.3. The molecule has 1 aromatic heterocycles. The third kappa shape index (κ3) is 4.57. The fourth-order valence-electron chi connectivity index (χ4n) is 2.76. The largest absolute Gasteiger partial charge is 0.497 e. The maximum Gasteiger partial charge on any atom is 0.234 e. The van der Waals surface area contributed by atoms with Gasteiger partial charge >= 0.3 is 0 Å². The zero-order chi connectivity index (χ0) is 18.4. The Morgan fingerprint density at radius 2 is 2.00 bits per heavy atom. The molecule has 0 aliphatic carbocycles. The van der Waals surface area contributed by atoms with Crippen molar-refractivity contribution in [1.29, 1.82) is 0 Å². The quantitative estimate of drug-likeness (QED) is 0.590. The molecule has 8 heteroatoms. The number of carbonyl (C=O) groups is 1. The van der Waals surface area contributed by atoms with Gasteiger partial charge in [-0.15, -0.1) is 0 Å². The maximum atomic E-state index is 12.3. The first kappa shape index (κ1) is 18.3. The zero-order valence-corrected chi connectivity index (χ0v) is 15.7. The zero-order valence-electron chi connectivity index (χ0n) is 14.9. The number of benzene rings is 1. The smallest absolute Gasteiger partial charge is 0.234 e. The van der Waals surface area contributed by atoms with Gasteiger partial charge in [0.05, 0.1) is 25.7 Å². The molecule has 0 atom stereocenters. The number of nitrogens with one attached hydrogen (secondary N) is 1. The van der Waals surface area contributed by atoms with E-state index >= 15 is 0 Å². The summed E-state index contributed by atoms with van der Waals surface area (Å²) in [6.45, 7) is 2.05. The van der Waals surface area contributed by atoms with Gasteiger partial charge in [-0.1, -0.05) is 11.8 Å². The van der Waals surface area contributed by atoms with E-state index in [0.717, 1.165) is 23.9 Å². The number of methoxy groups -OCH3 is 2. The number of nitrogens with zero attached hydrogens (tertiary/aromatic N) is 3. The van der Waals surface area contributed by atoms with Gasteiger partial charge in [0, 0.05) is 25.2 Å². The second-order valence-electron chi connectivity index (χ2n) is 5.81. The van der Waals surface area contributed by atoms with E-state index in [1.807, 2.05) is 6.07 Å². The number of carbonyl (C=O) groups excluding carboxylic acids is 1. The standard InChI is InChI=1S/C18H22N4O3S/c1-24-13-5-6-14(15(9-13)25-2)21-17(23)11-26-18-10-16(19-12-20-18)22-7-3-4-8-22/h5-6,9-10,12H,3-4,7-8,11H2,1-2H3,(H,21,23). The van der Waals surface area contributed by atoms with Crippen LogP contribution in [0.4, 0.5) is 11.5 Å². The van der Waals surface area contributed by atoms with E-state index in [1.165, 1.54) is 24.6 Å². The van der Waals surface area contributed by atoms with Crippen molar-refractivity contribution in [3.05, 3.63) is 30.6 Å². The van der Waals surface area contributed by atoms with E-state index < -0.39 is 0 Å². The lowest BCUT2D eigenvalue weighted by Gasteiger charge is -2.16. The first-order valence-electron chi connectivity index (χ1n) is 8.41. The highest BCUT2D eigenvalue weighted by Crippen LogP contribution is 2.29. The van der Waals surface area contributed by atoms with Crippen LogP contribution in [0.15, 0.2) is 35.6 Å². The minimum Gasteiger partial charge on any atom is -0.497 e. The Balaban J connectivity index is 1.58. The van der Waals surface area contributed by atoms with Crippen LogP contribution < -0.4 is 19.7 Å². The van der Waals surface area contributed by atoms with Crippen molar-refractivity contribution in [2.45, 2.75) is 17.9 Å². The molecule has 3 rings (SSSR count). The van der Waals surface area contributed by atoms with E-state index in [0.29, 0.717) is 17.2 Å². The van der Waals surface area contributed by atoms with Crippen LogP contribution in [0.2, 0.25) is 0 Å². The van der Waals surface area contributed by atoms with Crippen LogP contribution in [0, 0.1) is 0 Å². The molecule has 1 aliphatic heterocycles. The van der Waals surface area contributed by atoms with Gasteiger partial charge in [0.2, 0.25) is 5.91 Å². The molecule has 1 N–H and O–H groups in total. The third-order valence-corrected chi connectivity index (χ3v) is 5.02. The fourth-order valence-corrected chi connectivity index (χ4v) is 3.42. The molecule has 26 heavy (non-hydrogen) atoms. The number of thioether (sulfide) groups is 1. The molecule has 1 saturated heterocycles. The summed E-state index contributed by atoms with van der Waals surface area (Å²) in [6.07, 6.45) is 3.94. The van der Waals surface area contributed by atoms with E-state index in [9.17, 15) is 4.79 Å². The van der Waals surface area contributed by atoms with E-state index in [1.54, 1.807) is 38.7 Å². The molecule has 0 saturated carbocycles. The van der Waals surface area contributed by atoms with Crippen LogP contribution in [0.1, 0.15) is 12.8 Å². The van der Waals surface area contributed by atoms with Gasteiger partial charge in [0.15, 0.2) is 0 Å². The molecule has 0 radical (unpaired) electrons. The molecule has 0 spiro atoms. The number of rotatable bonds is 7. The minimum atomic E-state index is -0.125. The number of hydrogen-bond donors (Lipinski definition) is 1. The SMILES string of the molecule is COc1ccc(NC(=O)CSc2cc(N3CCCC3)ncn2)c(OC)c1. The number of hydrogen-bond acceptors (Lipinski definition) is 7. The lowest BCUT2D eigenvalue weighted by molar-refractivity contribution is -0.113. The summed E-state index contributed by atoms with van der Waals surface area (Å²) in [6, 6.07) is 7.21. The number of aromatic nitrogens is 2. The minimum absolute atomic E-state index is 0.125. The molecule has 0 bridgehead atoms. The van der Waals surface area contributed by atoms with Crippen molar-refractivity contribution in [3.63, 3.8) is 0 Å². The first-order valence-corrected chi connectivity index (χ1v) is 9.40. The van der Waals surface area contributed by atoms with Crippen molar-refractivity contribution < 1.29 is 14.3 Å². The molecule has 138 valence electrons. The van der Waals surface area contributed by atoms with E-state index in [-0.39, 0.29) is 11.7 Å². The molecule has 0 unspecified atom stereocenters. The lowest BCUT2D eigenvalue weighted by atomic mass is 10.2. The van der Waals surface area contributed by atoms with Crippen molar-refractivity contribution >= 4 is 29.2 Å². The molecule has 1 aliphatic rings. The Hall–Kier alpha value is -2.48. The third-order valence-electron chi connectivity index (χ3n) is 4.09. The summed E-state index contributed by atoms with van der Waals surface area (Å²) in [7, 11) is 3.14. The van der Waals surface area contributed by atoms with Gasteiger partial charge in [0.1, 0.15) is 28.7 Å². The van der Waals surface area contributed by atoms with E-state index in [4.69, 9.17) is 9.47 Å². The van der Waals surface area contributed by atoms with Crippen LogP contribution in [-0.2, 0) is 4.79 Å². The van der Waals surface area contributed by atoms with Crippen molar-refractivity contribution in [1.82, 2.24) is 9.97 Å². The highest BCUT2D eigenvalue weighted by Gasteiger charge is 2.15. The van der Waals surface area contributed by atoms with E-state index in [2.05, 4.69) is 20.2 Å². The molecule has 1 fully saturated rings. The second-order valence-corrected chi connectivity index (χ2v) is 6.81. The Morgan fingerprint density at radius 1 is 1.19 bits per heavy atom. The highest BCUT2D eigenvalue weighted by molar-refractivity contribution is 7.99. The highest BCUT2D eigenvalue weighted by atomic mass is 32.2. The second kappa shape index (κ2) is 8.75. The topological polar surface area (TPSA) is 76.6 Å². The van der Waals surface area contributed by atoms with Gasteiger partial charge in [-0.05, 0) is 25.0 Å². The summed E-state index contributed by atoms with van der Waals surface area (Å²) >= 11 is 1.39. The van der Waals surface area contributed by atoms with Crippen molar-refractivity contribution in [2.75, 3.05) is 43.3 Å². The summed E-state index contributed by atoms with van der Waals surface area (Å²) < 4.78 is 10.5. The predicted molar refractivity (Wildman–Crippen MR) is 102 cm³/mol. The molecule has 2 heterocycles. The van der Waals surface area contributed by atoms with Gasteiger partial charge < -0.3 is 19.7 Å². The molecule has 1 amide bonds. The summed E-state index contributed by atoms with van der Waals surface area (Å²) in [5.74, 6) is 2.29. The predicted octanol–water partition coefficient (Wildman–Crippen LogP) is 2.82. The number of ether oxygens (including phenoxy) is 2. The number of anilines is 2. The monoisotopic (exact) mass is 374 g/mol. The summed E-state index contributed by atoms with van der Waals surface area (Å²) in [4.78, 5) is 23.1. The van der Waals surface area contributed by atoms with Crippen molar-refractivity contribution in [2.24, 2.45) is 0 Å². The van der Waals surface area contributed by atoms with Crippen LogP contribution in [0.25, 0.3) is 0 Å². The number of amides is 1. The average Bonchev–Trinajstić information content (AvgIpc) is 3.22. The van der Waals surface area contributed by atoms with Crippen LogP contribution in [0.3, 0.4) is 0 Å². The normalized spacial score (nSPS) is 13.5. The van der Waals surface area contributed by atoms with Gasteiger partial charge in [-0.25, -0.2) is 9.97 Å². The Morgan fingerprint density at radius 3 is 2.73 bits per heavy atom. The Labute approximate surface area is 157 Å². The molecular weight excluding hydrogens is 352 g/mol. The Kier molecular flexibility index (Phi) is 6.17.